The fourth-order valence-electron chi connectivity index (χ4n) is 1.52. The highest BCUT2D eigenvalue weighted by Crippen LogP contribution is 2.20. The highest BCUT2D eigenvalue weighted by atomic mass is 16.5. The van der Waals surface area contributed by atoms with Crippen molar-refractivity contribution in [3.63, 3.8) is 0 Å². The maximum absolute atomic E-state index is 10.4. The fourth-order valence-corrected chi connectivity index (χ4v) is 1.52. The van der Waals surface area contributed by atoms with Crippen LogP contribution in [0.5, 0.6) is 5.75 Å². The molecular formula is C11H12N2O3. The number of benzene rings is 1. The zero-order valence-corrected chi connectivity index (χ0v) is 9.10. The summed E-state index contributed by atoms with van der Waals surface area (Å²) in [6, 6.07) is 5.33. The summed E-state index contributed by atoms with van der Waals surface area (Å²) in [6.45, 7) is 1.58. The van der Waals surface area contributed by atoms with Crippen LogP contribution in [0.3, 0.4) is 0 Å². The Balaban J connectivity index is 2.35. The molecule has 16 heavy (non-hydrogen) atoms. The number of carbonyl (C=O) groups is 1. The molecule has 0 aliphatic carbocycles. The quantitative estimate of drug-likeness (QED) is 0.847. The first kappa shape index (κ1) is 10.5. The Morgan fingerprint density at radius 3 is 3.00 bits per heavy atom. The normalized spacial score (nSPS) is 10.6. The fraction of sp³-hybridized carbons (Fsp3) is 0.273. The van der Waals surface area contributed by atoms with Crippen LogP contribution in [0.2, 0.25) is 0 Å². The Morgan fingerprint density at radius 2 is 2.31 bits per heavy atom. The average Bonchev–Trinajstić information content (AvgIpc) is 2.52. The van der Waals surface area contributed by atoms with Crippen molar-refractivity contribution in [2.45, 2.75) is 6.92 Å². The molecule has 2 rings (SSSR count). The average molecular weight is 220 g/mol. The largest absolute Gasteiger partial charge is 0.482 e. The van der Waals surface area contributed by atoms with Gasteiger partial charge in [0.05, 0.1) is 11.0 Å². The van der Waals surface area contributed by atoms with Gasteiger partial charge in [0.2, 0.25) is 0 Å². The van der Waals surface area contributed by atoms with Crippen LogP contribution in [0, 0.1) is 6.92 Å². The number of rotatable bonds is 3. The topological polar surface area (TPSA) is 64.3 Å². The molecule has 0 spiro atoms. The number of carboxylic acids is 1. The minimum absolute atomic E-state index is 0.331. The Kier molecular flexibility index (Phi) is 2.52. The van der Waals surface area contributed by atoms with E-state index in [-0.39, 0.29) is 6.61 Å². The first-order valence-electron chi connectivity index (χ1n) is 4.85. The summed E-state index contributed by atoms with van der Waals surface area (Å²) in [5.41, 5.74) is 1.81. The van der Waals surface area contributed by atoms with E-state index in [1.165, 1.54) is 0 Å². The molecule has 1 aromatic heterocycles. The van der Waals surface area contributed by atoms with Crippen molar-refractivity contribution in [1.29, 1.82) is 0 Å². The summed E-state index contributed by atoms with van der Waals surface area (Å²) < 4.78 is 7.03. The summed E-state index contributed by atoms with van der Waals surface area (Å²) in [5, 5.41) is 8.50. The number of carboxylic acid groups (broad SMARTS) is 1. The number of fused-ring (bicyclic) bond motifs is 1. The van der Waals surface area contributed by atoms with Crippen molar-refractivity contribution in [3.8, 4) is 5.75 Å². The van der Waals surface area contributed by atoms with Crippen LogP contribution in [0.4, 0.5) is 0 Å². The second kappa shape index (κ2) is 3.84. The lowest BCUT2D eigenvalue weighted by Gasteiger charge is -2.03. The molecular weight excluding hydrogens is 208 g/mol. The number of nitrogens with zero attached hydrogens (tertiary/aromatic N) is 2. The number of aromatic nitrogens is 2. The van der Waals surface area contributed by atoms with Crippen molar-refractivity contribution in [2.24, 2.45) is 7.05 Å². The lowest BCUT2D eigenvalue weighted by atomic mass is 10.3. The van der Waals surface area contributed by atoms with Crippen molar-refractivity contribution < 1.29 is 14.6 Å². The monoisotopic (exact) mass is 220 g/mol. The van der Waals surface area contributed by atoms with E-state index in [4.69, 9.17) is 9.84 Å². The van der Waals surface area contributed by atoms with Gasteiger partial charge in [-0.3, -0.25) is 0 Å². The molecule has 0 radical (unpaired) electrons. The van der Waals surface area contributed by atoms with Gasteiger partial charge in [0.25, 0.3) is 0 Å². The molecule has 0 saturated carbocycles. The predicted molar refractivity (Wildman–Crippen MR) is 58.6 cm³/mol. The molecule has 1 heterocycles. The van der Waals surface area contributed by atoms with Gasteiger partial charge < -0.3 is 14.4 Å². The van der Waals surface area contributed by atoms with Crippen molar-refractivity contribution >= 4 is 17.0 Å². The Bertz CT molecular complexity index is 545. The van der Waals surface area contributed by atoms with Gasteiger partial charge in [-0.1, -0.05) is 0 Å². The van der Waals surface area contributed by atoms with E-state index in [9.17, 15) is 4.79 Å². The summed E-state index contributed by atoms with van der Waals surface area (Å²) in [7, 11) is 1.91. The highest BCUT2D eigenvalue weighted by molar-refractivity contribution is 5.78. The number of hydrogen-bond acceptors (Lipinski definition) is 3. The third-order valence-electron chi connectivity index (χ3n) is 2.44. The third-order valence-corrected chi connectivity index (χ3v) is 2.44. The number of ether oxygens (including phenoxy) is 1. The summed E-state index contributed by atoms with van der Waals surface area (Å²) in [6.07, 6.45) is 0. The van der Waals surface area contributed by atoms with Crippen molar-refractivity contribution in [2.75, 3.05) is 6.61 Å². The van der Waals surface area contributed by atoms with Gasteiger partial charge in [0.1, 0.15) is 11.6 Å². The van der Waals surface area contributed by atoms with Gasteiger partial charge in [-0.05, 0) is 19.1 Å². The Morgan fingerprint density at radius 1 is 1.56 bits per heavy atom. The van der Waals surface area contributed by atoms with E-state index in [0.29, 0.717) is 5.75 Å². The summed E-state index contributed by atoms with van der Waals surface area (Å²) >= 11 is 0. The summed E-state index contributed by atoms with van der Waals surface area (Å²) in [5.74, 6) is 0.463. The maximum atomic E-state index is 10.4. The van der Waals surface area contributed by atoms with Crippen LogP contribution in [0.15, 0.2) is 18.2 Å². The first-order chi connectivity index (χ1) is 7.58. The molecule has 5 heteroatoms. The predicted octanol–water partition coefficient (Wildman–Crippen LogP) is 1.35. The maximum Gasteiger partial charge on any atom is 0.341 e. The van der Waals surface area contributed by atoms with Crippen LogP contribution in [-0.4, -0.2) is 27.2 Å². The van der Waals surface area contributed by atoms with Crippen LogP contribution < -0.4 is 4.74 Å². The Hall–Kier alpha value is -2.04. The minimum atomic E-state index is -0.985. The molecule has 0 saturated heterocycles. The van der Waals surface area contributed by atoms with E-state index in [1.807, 2.05) is 24.6 Å². The van der Waals surface area contributed by atoms with E-state index in [1.54, 1.807) is 12.1 Å². The van der Waals surface area contributed by atoms with Crippen LogP contribution in [-0.2, 0) is 11.8 Å². The summed E-state index contributed by atoms with van der Waals surface area (Å²) in [4.78, 5) is 14.7. The van der Waals surface area contributed by atoms with Gasteiger partial charge in [-0.15, -0.1) is 0 Å². The molecule has 1 aromatic carbocycles. The van der Waals surface area contributed by atoms with Crippen molar-refractivity contribution in [1.82, 2.24) is 9.55 Å². The van der Waals surface area contributed by atoms with Crippen LogP contribution in [0.1, 0.15) is 5.82 Å². The number of hydrogen-bond donors (Lipinski definition) is 1. The molecule has 0 aliphatic heterocycles. The molecule has 0 amide bonds. The zero-order chi connectivity index (χ0) is 11.7. The Labute approximate surface area is 92.3 Å². The van der Waals surface area contributed by atoms with Crippen LogP contribution in [0.25, 0.3) is 11.0 Å². The van der Waals surface area contributed by atoms with Crippen LogP contribution >= 0.6 is 0 Å². The molecule has 0 unspecified atom stereocenters. The molecule has 5 nitrogen and oxygen atoms in total. The lowest BCUT2D eigenvalue weighted by Crippen LogP contribution is -2.09. The number of aryl methyl sites for hydroxylation is 2. The molecule has 0 atom stereocenters. The second-order valence-electron chi connectivity index (χ2n) is 3.55. The molecule has 0 fully saturated rings. The highest BCUT2D eigenvalue weighted by Gasteiger charge is 2.06. The smallest absolute Gasteiger partial charge is 0.341 e. The first-order valence-corrected chi connectivity index (χ1v) is 4.85. The third kappa shape index (κ3) is 1.84. The number of aliphatic carboxylic acids is 1. The second-order valence-corrected chi connectivity index (χ2v) is 3.55. The van der Waals surface area contributed by atoms with Gasteiger partial charge in [-0.2, -0.15) is 0 Å². The molecule has 84 valence electrons. The van der Waals surface area contributed by atoms with E-state index in [0.717, 1.165) is 16.9 Å². The standard InChI is InChI=1S/C11H12N2O3/c1-7-12-9-4-3-8(16-6-11(14)15)5-10(9)13(7)2/h3-5H,6H2,1-2H3,(H,14,15). The van der Waals surface area contributed by atoms with Gasteiger partial charge in [0.15, 0.2) is 6.61 Å². The zero-order valence-electron chi connectivity index (χ0n) is 9.10. The minimum Gasteiger partial charge on any atom is -0.482 e. The molecule has 0 aliphatic rings. The van der Waals surface area contributed by atoms with Crippen molar-refractivity contribution in [3.05, 3.63) is 24.0 Å². The lowest BCUT2D eigenvalue weighted by molar-refractivity contribution is -0.139. The van der Waals surface area contributed by atoms with Gasteiger partial charge in [0, 0.05) is 13.1 Å². The SMILES string of the molecule is Cc1nc2ccc(OCC(=O)O)cc2n1C. The van der Waals surface area contributed by atoms with Gasteiger partial charge in [-0.25, -0.2) is 9.78 Å². The molecule has 1 N–H and O–H groups in total. The molecule has 2 aromatic rings. The van der Waals surface area contributed by atoms with E-state index >= 15 is 0 Å². The van der Waals surface area contributed by atoms with E-state index < -0.39 is 5.97 Å². The van der Waals surface area contributed by atoms with Gasteiger partial charge >= 0.3 is 5.97 Å². The number of imidazole rings is 1. The molecule has 0 bridgehead atoms. The van der Waals surface area contributed by atoms with E-state index in [2.05, 4.69) is 4.98 Å².